The summed E-state index contributed by atoms with van der Waals surface area (Å²) in [5.74, 6) is 1.60. The first-order valence-electron chi connectivity index (χ1n) is 4.87. The van der Waals surface area contributed by atoms with Gasteiger partial charge in [0.1, 0.15) is 11.6 Å². The lowest BCUT2D eigenvalue weighted by Crippen LogP contribution is -2.17. The third kappa shape index (κ3) is 2.87. The Balaban J connectivity index is 3.01. The van der Waals surface area contributed by atoms with Gasteiger partial charge in [-0.05, 0) is 13.8 Å². The van der Waals surface area contributed by atoms with Crippen LogP contribution in [0.1, 0.15) is 39.4 Å². The molecule has 0 aliphatic rings. The second kappa shape index (κ2) is 4.26. The first kappa shape index (κ1) is 10.8. The minimum Gasteiger partial charge on any atom is -0.368 e. The number of aromatic amines is 1. The van der Waals surface area contributed by atoms with Crippen LogP contribution in [0.25, 0.3) is 0 Å². The lowest BCUT2D eigenvalue weighted by atomic mass is 10.2. The van der Waals surface area contributed by atoms with Crippen molar-refractivity contribution in [3.05, 3.63) is 22.2 Å². The van der Waals surface area contributed by atoms with Gasteiger partial charge in [0, 0.05) is 18.0 Å². The molecule has 0 atom stereocenters. The van der Waals surface area contributed by atoms with Crippen molar-refractivity contribution in [2.24, 2.45) is 0 Å². The number of anilines is 1. The Morgan fingerprint density at radius 2 is 2.00 bits per heavy atom. The van der Waals surface area contributed by atoms with Crippen LogP contribution in [0.2, 0.25) is 0 Å². The number of hydrogen-bond acceptors (Lipinski definition) is 3. The van der Waals surface area contributed by atoms with Gasteiger partial charge in [-0.15, -0.1) is 0 Å². The molecule has 0 saturated heterocycles. The van der Waals surface area contributed by atoms with Gasteiger partial charge in [-0.1, -0.05) is 13.8 Å². The maximum atomic E-state index is 11.3. The molecule has 0 unspecified atom stereocenters. The fourth-order valence-electron chi connectivity index (χ4n) is 1.12. The molecule has 4 nitrogen and oxygen atoms in total. The Labute approximate surface area is 83.8 Å². The lowest BCUT2D eigenvalue weighted by Gasteiger charge is -2.10. The Hall–Kier alpha value is -1.32. The van der Waals surface area contributed by atoms with E-state index in [1.807, 2.05) is 27.7 Å². The molecule has 0 fully saturated rings. The first-order chi connectivity index (χ1) is 6.49. The fourth-order valence-corrected chi connectivity index (χ4v) is 1.12. The van der Waals surface area contributed by atoms with Gasteiger partial charge in [0.15, 0.2) is 0 Å². The van der Waals surface area contributed by atoms with Crippen LogP contribution in [0.15, 0.2) is 10.9 Å². The summed E-state index contributed by atoms with van der Waals surface area (Å²) in [5, 5.41) is 3.11. The molecule has 0 aliphatic heterocycles. The maximum Gasteiger partial charge on any atom is 0.252 e. The highest BCUT2D eigenvalue weighted by atomic mass is 16.1. The zero-order valence-electron chi connectivity index (χ0n) is 9.09. The minimum atomic E-state index is -0.105. The summed E-state index contributed by atoms with van der Waals surface area (Å²) in [5.41, 5.74) is -0.105. The quantitative estimate of drug-likeness (QED) is 0.772. The van der Waals surface area contributed by atoms with Crippen molar-refractivity contribution in [2.75, 3.05) is 5.32 Å². The van der Waals surface area contributed by atoms with Crippen LogP contribution in [-0.4, -0.2) is 16.0 Å². The van der Waals surface area contributed by atoms with E-state index in [0.717, 1.165) is 5.82 Å². The number of nitrogens with zero attached hydrogens (tertiary/aromatic N) is 1. The molecule has 0 spiro atoms. The zero-order valence-corrected chi connectivity index (χ0v) is 9.09. The number of aromatic nitrogens is 2. The molecule has 0 aliphatic carbocycles. The van der Waals surface area contributed by atoms with Crippen molar-refractivity contribution in [3.63, 3.8) is 0 Å². The third-order valence-corrected chi connectivity index (χ3v) is 1.74. The van der Waals surface area contributed by atoms with E-state index in [9.17, 15) is 4.79 Å². The molecule has 78 valence electrons. The van der Waals surface area contributed by atoms with Gasteiger partial charge in [0.05, 0.1) is 0 Å². The number of hydrogen-bond donors (Lipinski definition) is 2. The third-order valence-electron chi connectivity index (χ3n) is 1.74. The van der Waals surface area contributed by atoms with Crippen molar-refractivity contribution < 1.29 is 0 Å². The lowest BCUT2D eigenvalue weighted by molar-refractivity contribution is 0.762. The second-order valence-corrected chi connectivity index (χ2v) is 3.97. The summed E-state index contributed by atoms with van der Waals surface area (Å²) in [7, 11) is 0. The Bertz CT molecular complexity index is 355. The average Bonchev–Trinajstić information content (AvgIpc) is 2.01. The molecule has 1 heterocycles. The number of nitrogens with one attached hydrogen (secondary N) is 2. The molecule has 1 aromatic rings. The molecule has 1 aromatic heterocycles. The van der Waals surface area contributed by atoms with Crippen molar-refractivity contribution in [3.8, 4) is 0 Å². The summed E-state index contributed by atoms with van der Waals surface area (Å²) in [6.45, 7) is 8.02. The molecule has 0 saturated carbocycles. The summed E-state index contributed by atoms with van der Waals surface area (Å²) >= 11 is 0. The van der Waals surface area contributed by atoms with Gasteiger partial charge < -0.3 is 10.3 Å². The Kier molecular flexibility index (Phi) is 3.28. The summed E-state index contributed by atoms with van der Waals surface area (Å²) in [6, 6.07) is 1.76. The van der Waals surface area contributed by atoms with E-state index in [0.29, 0.717) is 5.82 Å². The van der Waals surface area contributed by atoms with Crippen LogP contribution < -0.4 is 10.9 Å². The van der Waals surface area contributed by atoms with Gasteiger partial charge in [-0.2, -0.15) is 0 Å². The highest BCUT2D eigenvalue weighted by Gasteiger charge is 2.05. The molecule has 0 aromatic carbocycles. The largest absolute Gasteiger partial charge is 0.368 e. The average molecular weight is 195 g/mol. The van der Waals surface area contributed by atoms with Crippen LogP contribution in [0.3, 0.4) is 0 Å². The van der Waals surface area contributed by atoms with Gasteiger partial charge in [-0.25, -0.2) is 4.98 Å². The van der Waals surface area contributed by atoms with E-state index < -0.39 is 0 Å². The van der Waals surface area contributed by atoms with Crippen LogP contribution in [0.5, 0.6) is 0 Å². The molecule has 4 heteroatoms. The molecule has 2 N–H and O–H groups in total. The second-order valence-electron chi connectivity index (χ2n) is 3.97. The van der Waals surface area contributed by atoms with Crippen molar-refractivity contribution >= 4 is 5.82 Å². The smallest absolute Gasteiger partial charge is 0.252 e. The molecule has 0 bridgehead atoms. The molecule has 0 radical (unpaired) electrons. The van der Waals surface area contributed by atoms with Crippen LogP contribution in [0, 0.1) is 0 Å². The van der Waals surface area contributed by atoms with Crippen LogP contribution in [0.4, 0.5) is 5.82 Å². The van der Waals surface area contributed by atoms with E-state index >= 15 is 0 Å². The predicted octanol–water partition coefficient (Wildman–Crippen LogP) is 1.71. The topological polar surface area (TPSA) is 57.8 Å². The predicted molar refractivity (Wildman–Crippen MR) is 57.7 cm³/mol. The van der Waals surface area contributed by atoms with Crippen molar-refractivity contribution in [1.82, 2.24) is 9.97 Å². The van der Waals surface area contributed by atoms with Crippen LogP contribution >= 0.6 is 0 Å². The van der Waals surface area contributed by atoms with Gasteiger partial charge >= 0.3 is 0 Å². The Morgan fingerprint density at radius 1 is 1.36 bits per heavy atom. The first-order valence-corrected chi connectivity index (χ1v) is 4.87. The van der Waals surface area contributed by atoms with E-state index in [1.165, 1.54) is 6.07 Å². The van der Waals surface area contributed by atoms with E-state index in [2.05, 4.69) is 15.3 Å². The van der Waals surface area contributed by atoms with E-state index in [-0.39, 0.29) is 17.5 Å². The SMILES string of the molecule is CC(C)Nc1cc(=O)[nH]c(C(C)C)n1. The highest BCUT2D eigenvalue weighted by molar-refractivity contribution is 5.34. The minimum absolute atomic E-state index is 0.105. The molecular formula is C10H17N3O. The number of H-pyrrole nitrogens is 1. The van der Waals surface area contributed by atoms with Crippen molar-refractivity contribution in [2.45, 2.75) is 39.7 Å². The van der Waals surface area contributed by atoms with Crippen molar-refractivity contribution in [1.29, 1.82) is 0 Å². The summed E-state index contributed by atoms with van der Waals surface area (Å²) < 4.78 is 0. The molecule has 1 rings (SSSR count). The zero-order chi connectivity index (χ0) is 10.7. The summed E-state index contributed by atoms with van der Waals surface area (Å²) in [4.78, 5) is 18.3. The molecule has 14 heavy (non-hydrogen) atoms. The van der Waals surface area contributed by atoms with Gasteiger partial charge in [-0.3, -0.25) is 4.79 Å². The number of rotatable bonds is 3. The molecule has 0 amide bonds. The standard InChI is InChI=1S/C10H17N3O/c1-6(2)10-12-8(11-7(3)4)5-9(14)13-10/h5-7H,1-4H3,(H2,11,12,13,14). The normalized spacial score (nSPS) is 11.0. The highest BCUT2D eigenvalue weighted by Crippen LogP contribution is 2.09. The Morgan fingerprint density at radius 3 is 2.50 bits per heavy atom. The maximum absolute atomic E-state index is 11.3. The van der Waals surface area contributed by atoms with Gasteiger partial charge in [0.2, 0.25) is 0 Å². The van der Waals surface area contributed by atoms with Crippen LogP contribution in [-0.2, 0) is 0 Å². The van der Waals surface area contributed by atoms with E-state index in [1.54, 1.807) is 0 Å². The van der Waals surface area contributed by atoms with E-state index in [4.69, 9.17) is 0 Å². The van der Waals surface area contributed by atoms with Gasteiger partial charge in [0.25, 0.3) is 5.56 Å². The molecular weight excluding hydrogens is 178 g/mol. The fraction of sp³-hybridized carbons (Fsp3) is 0.600. The summed E-state index contributed by atoms with van der Waals surface area (Å²) in [6.07, 6.45) is 0. The monoisotopic (exact) mass is 195 g/mol.